The molecular formula is C10H8F5NO3. The van der Waals surface area contributed by atoms with Crippen LogP contribution in [-0.2, 0) is 10.9 Å². The van der Waals surface area contributed by atoms with Crippen LogP contribution in [0.25, 0.3) is 0 Å². The van der Waals surface area contributed by atoms with Crippen LogP contribution in [0, 0.1) is 0 Å². The van der Waals surface area contributed by atoms with Gasteiger partial charge in [0.25, 0.3) is 6.43 Å². The van der Waals surface area contributed by atoms with E-state index < -0.39 is 41.3 Å². The number of carbonyl (C=O) groups excluding carboxylic acids is 1. The summed E-state index contributed by atoms with van der Waals surface area (Å²) in [5, 5.41) is 9.12. The van der Waals surface area contributed by atoms with E-state index in [2.05, 4.69) is 9.72 Å². The Hall–Kier alpha value is -1.93. The second-order valence-corrected chi connectivity index (χ2v) is 3.31. The predicted octanol–water partition coefficient (Wildman–Crippen LogP) is 2.92. The SMILES string of the molecule is CCOC(=O)c1cc(C(F)F)c(O)c(C(F)(F)F)n1. The van der Waals surface area contributed by atoms with Crippen LogP contribution in [0.2, 0.25) is 0 Å². The molecule has 0 amide bonds. The molecule has 1 N–H and O–H groups in total. The van der Waals surface area contributed by atoms with E-state index in [0.717, 1.165) is 0 Å². The molecule has 0 bridgehead atoms. The average molecular weight is 285 g/mol. The van der Waals surface area contributed by atoms with Gasteiger partial charge in [-0.1, -0.05) is 0 Å². The molecule has 0 unspecified atom stereocenters. The van der Waals surface area contributed by atoms with Crippen LogP contribution < -0.4 is 0 Å². The molecule has 0 aliphatic rings. The molecule has 1 aromatic heterocycles. The van der Waals surface area contributed by atoms with Gasteiger partial charge in [0.15, 0.2) is 11.4 Å². The molecule has 0 atom stereocenters. The van der Waals surface area contributed by atoms with E-state index in [1.807, 2.05) is 0 Å². The zero-order chi connectivity index (χ0) is 14.8. The van der Waals surface area contributed by atoms with Gasteiger partial charge in [0.2, 0.25) is 0 Å². The van der Waals surface area contributed by atoms with Crippen molar-refractivity contribution < 1.29 is 36.6 Å². The second-order valence-electron chi connectivity index (χ2n) is 3.31. The van der Waals surface area contributed by atoms with Crippen molar-refractivity contribution >= 4 is 5.97 Å². The van der Waals surface area contributed by atoms with Gasteiger partial charge < -0.3 is 9.84 Å². The highest BCUT2D eigenvalue weighted by Gasteiger charge is 2.39. The number of halogens is 5. The van der Waals surface area contributed by atoms with E-state index in [1.165, 1.54) is 6.92 Å². The number of aromatic hydroxyl groups is 1. The van der Waals surface area contributed by atoms with Crippen LogP contribution in [0.4, 0.5) is 22.0 Å². The normalized spacial score (nSPS) is 11.7. The van der Waals surface area contributed by atoms with Gasteiger partial charge in [0.1, 0.15) is 5.69 Å². The zero-order valence-electron chi connectivity index (χ0n) is 9.46. The summed E-state index contributed by atoms with van der Waals surface area (Å²) in [5.74, 6) is -2.98. The van der Waals surface area contributed by atoms with Crippen LogP contribution in [0.15, 0.2) is 6.07 Å². The minimum absolute atomic E-state index is 0.160. The Balaban J connectivity index is 3.44. The highest BCUT2D eigenvalue weighted by molar-refractivity contribution is 5.87. The molecular weight excluding hydrogens is 277 g/mol. The van der Waals surface area contributed by atoms with Crippen molar-refractivity contribution in [1.29, 1.82) is 0 Å². The lowest BCUT2D eigenvalue weighted by Gasteiger charge is -2.13. The molecule has 0 saturated carbocycles. The standard InChI is InChI=1S/C10H8F5NO3/c1-2-19-9(18)5-3-4(8(11)12)6(17)7(16-5)10(13,14)15/h3,8,17H,2H2,1H3. The molecule has 106 valence electrons. The van der Waals surface area contributed by atoms with Gasteiger partial charge in [-0.25, -0.2) is 18.6 Å². The minimum atomic E-state index is -5.17. The lowest BCUT2D eigenvalue weighted by atomic mass is 10.1. The number of hydrogen-bond acceptors (Lipinski definition) is 4. The largest absolute Gasteiger partial charge is 0.505 e. The van der Waals surface area contributed by atoms with Crippen LogP contribution in [0.5, 0.6) is 5.75 Å². The average Bonchev–Trinajstić information content (AvgIpc) is 2.27. The number of nitrogens with zero attached hydrogens (tertiary/aromatic N) is 1. The van der Waals surface area contributed by atoms with Gasteiger partial charge in [0, 0.05) is 0 Å². The van der Waals surface area contributed by atoms with Crippen molar-refractivity contribution in [3.63, 3.8) is 0 Å². The lowest BCUT2D eigenvalue weighted by Crippen LogP contribution is -2.15. The molecule has 9 heteroatoms. The number of carbonyl (C=O) groups is 1. The molecule has 1 heterocycles. The smallest absolute Gasteiger partial charge is 0.437 e. The summed E-state index contributed by atoms with van der Waals surface area (Å²) in [6, 6.07) is 0.368. The summed E-state index contributed by atoms with van der Waals surface area (Å²) in [7, 11) is 0. The second kappa shape index (κ2) is 5.37. The van der Waals surface area contributed by atoms with E-state index in [0.29, 0.717) is 6.07 Å². The van der Waals surface area contributed by atoms with Gasteiger partial charge >= 0.3 is 12.1 Å². The molecule has 0 spiro atoms. The van der Waals surface area contributed by atoms with Crippen molar-refractivity contribution in [3.05, 3.63) is 23.0 Å². The third kappa shape index (κ3) is 3.30. The van der Waals surface area contributed by atoms with E-state index in [9.17, 15) is 26.7 Å². The number of hydrogen-bond donors (Lipinski definition) is 1. The Morgan fingerprint density at radius 2 is 2.05 bits per heavy atom. The number of ether oxygens (including phenoxy) is 1. The van der Waals surface area contributed by atoms with Crippen molar-refractivity contribution in [3.8, 4) is 5.75 Å². The molecule has 0 aliphatic heterocycles. The van der Waals surface area contributed by atoms with Crippen LogP contribution >= 0.6 is 0 Å². The Morgan fingerprint density at radius 1 is 1.47 bits per heavy atom. The first-order valence-corrected chi connectivity index (χ1v) is 4.94. The van der Waals surface area contributed by atoms with E-state index >= 15 is 0 Å². The topological polar surface area (TPSA) is 59.4 Å². The third-order valence-electron chi connectivity index (χ3n) is 2.01. The van der Waals surface area contributed by atoms with Crippen molar-refractivity contribution in [1.82, 2.24) is 4.98 Å². The molecule has 0 aliphatic carbocycles. The minimum Gasteiger partial charge on any atom is -0.505 e. The summed E-state index contributed by atoms with van der Waals surface area (Å²) in [5.41, 5.74) is -4.22. The highest BCUT2D eigenvalue weighted by atomic mass is 19.4. The number of aromatic nitrogens is 1. The molecule has 19 heavy (non-hydrogen) atoms. The van der Waals surface area contributed by atoms with Gasteiger partial charge in [-0.2, -0.15) is 13.2 Å². The Labute approximate surface area is 103 Å². The summed E-state index contributed by atoms with van der Waals surface area (Å²) in [4.78, 5) is 14.1. The van der Waals surface area contributed by atoms with E-state index in [4.69, 9.17) is 5.11 Å². The first kappa shape index (κ1) is 15.1. The first-order chi connectivity index (χ1) is 8.68. The molecule has 0 saturated heterocycles. The summed E-state index contributed by atoms with van der Waals surface area (Å²) >= 11 is 0. The summed E-state index contributed by atoms with van der Waals surface area (Å²) in [6.45, 7) is 1.23. The summed E-state index contributed by atoms with van der Waals surface area (Å²) in [6.07, 6.45) is -8.56. The molecule has 0 radical (unpaired) electrons. The molecule has 4 nitrogen and oxygen atoms in total. The highest BCUT2D eigenvalue weighted by Crippen LogP contribution is 2.39. The van der Waals surface area contributed by atoms with Crippen molar-refractivity contribution in [2.45, 2.75) is 19.5 Å². The van der Waals surface area contributed by atoms with Crippen LogP contribution in [-0.4, -0.2) is 22.7 Å². The molecule has 0 fully saturated rings. The Kier molecular flexibility index (Phi) is 4.28. The molecule has 0 aromatic carbocycles. The van der Waals surface area contributed by atoms with Gasteiger partial charge in [-0.3, -0.25) is 0 Å². The Morgan fingerprint density at radius 3 is 2.47 bits per heavy atom. The molecule has 1 rings (SSSR count). The van der Waals surface area contributed by atoms with E-state index in [1.54, 1.807) is 0 Å². The van der Waals surface area contributed by atoms with E-state index in [-0.39, 0.29) is 6.61 Å². The van der Waals surface area contributed by atoms with Crippen molar-refractivity contribution in [2.24, 2.45) is 0 Å². The number of pyridine rings is 1. The fraction of sp³-hybridized carbons (Fsp3) is 0.400. The number of esters is 1. The third-order valence-corrected chi connectivity index (χ3v) is 2.01. The fourth-order valence-corrected chi connectivity index (χ4v) is 1.23. The fourth-order valence-electron chi connectivity index (χ4n) is 1.23. The summed E-state index contributed by atoms with van der Waals surface area (Å²) < 4.78 is 66.9. The van der Waals surface area contributed by atoms with Crippen LogP contribution in [0.1, 0.15) is 35.1 Å². The predicted molar refractivity (Wildman–Crippen MR) is 51.8 cm³/mol. The molecule has 1 aromatic rings. The van der Waals surface area contributed by atoms with Crippen LogP contribution in [0.3, 0.4) is 0 Å². The zero-order valence-corrected chi connectivity index (χ0v) is 9.46. The number of alkyl halides is 5. The monoisotopic (exact) mass is 285 g/mol. The quantitative estimate of drug-likeness (QED) is 0.685. The maximum absolute atomic E-state index is 12.5. The number of rotatable bonds is 3. The maximum atomic E-state index is 12.5. The lowest BCUT2D eigenvalue weighted by molar-refractivity contribution is -0.142. The van der Waals surface area contributed by atoms with Crippen molar-refractivity contribution in [2.75, 3.05) is 6.61 Å². The Bertz CT molecular complexity index is 487. The maximum Gasteiger partial charge on any atom is 0.437 e. The van der Waals surface area contributed by atoms with Gasteiger partial charge in [-0.05, 0) is 13.0 Å². The van der Waals surface area contributed by atoms with Gasteiger partial charge in [-0.15, -0.1) is 0 Å². The first-order valence-electron chi connectivity index (χ1n) is 4.94. The van der Waals surface area contributed by atoms with Gasteiger partial charge in [0.05, 0.1) is 12.2 Å².